The van der Waals surface area contributed by atoms with Crippen molar-refractivity contribution in [1.29, 1.82) is 0 Å². The van der Waals surface area contributed by atoms with E-state index >= 15 is 0 Å². The van der Waals surface area contributed by atoms with E-state index < -0.39 is 11.8 Å². The standard InChI is InChI=1S/C11H10FN3O3/c1-2-17-11(16)9-14-10(18-15-9)7-4-3-6(13)5-8(7)12/h3-5H,2,13H2,1H3. The highest BCUT2D eigenvalue weighted by molar-refractivity contribution is 5.85. The zero-order chi connectivity index (χ0) is 13.1. The third-order valence-electron chi connectivity index (χ3n) is 2.11. The molecular weight excluding hydrogens is 241 g/mol. The topological polar surface area (TPSA) is 91.2 Å². The molecule has 0 radical (unpaired) electrons. The zero-order valence-electron chi connectivity index (χ0n) is 9.51. The van der Waals surface area contributed by atoms with Gasteiger partial charge in [0.05, 0.1) is 12.2 Å². The summed E-state index contributed by atoms with van der Waals surface area (Å²) in [7, 11) is 0. The number of aromatic nitrogens is 2. The van der Waals surface area contributed by atoms with Crippen molar-refractivity contribution in [3.05, 3.63) is 29.8 Å². The molecule has 94 valence electrons. The first kappa shape index (κ1) is 12.0. The smallest absolute Gasteiger partial charge is 0.379 e. The highest BCUT2D eigenvalue weighted by Crippen LogP contribution is 2.22. The number of nitrogen functional groups attached to an aromatic ring is 1. The minimum atomic E-state index is -0.719. The molecule has 0 unspecified atom stereocenters. The van der Waals surface area contributed by atoms with E-state index in [-0.39, 0.29) is 29.6 Å². The summed E-state index contributed by atoms with van der Waals surface area (Å²) in [5, 5.41) is 3.42. The largest absolute Gasteiger partial charge is 0.460 e. The molecule has 1 aromatic carbocycles. The normalized spacial score (nSPS) is 10.3. The lowest BCUT2D eigenvalue weighted by Crippen LogP contribution is -2.06. The molecule has 0 saturated carbocycles. The van der Waals surface area contributed by atoms with E-state index in [2.05, 4.69) is 14.9 Å². The van der Waals surface area contributed by atoms with E-state index in [1.165, 1.54) is 12.1 Å². The molecule has 0 bridgehead atoms. The first-order valence-electron chi connectivity index (χ1n) is 5.18. The predicted molar refractivity (Wildman–Crippen MR) is 60.1 cm³/mol. The summed E-state index contributed by atoms with van der Waals surface area (Å²) in [5.74, 6) is -1.67. The maximum absolute atomic E-state index is 13.6. The van der Waals surface area contributed by atoms with Gasteiger partial charge in [-0.25, -0.2) is 9.18 Å². The van der Waals surface area contributed by atoms with E-state index in [4.69, 9.17) is 10.3 Å². The highest BCUT2D eigenvalue weighted by Gasteiger charge is 2.18. The number of esters is 1. The van der Waals surface area contributed by atoms with Crippen LogP contribution in [0.15, 0.2) is 22.7 Å². The van der Waals surface area contributed by atoms with E-state index in [0.29, 0.717) is 0 Å². The van der Waals surface area contributed by atoms with Crippen molar-refractivity contribution in [2.45, 2.75) is 6.92 Å². The molecule has 7 heteroatoms. The molecule has 0 amide bonds. The molecule has 0 aliphatic heterocycles. The molecule has 18 heavy (non-hydrogen) atoms. The van der Waals surface area contributed by atoms with Crippen molar-refractivity contribution in [1.82, 2.24) is 10.1 Å². The minimum absolute atomic E-state index is 0.0762. The predicted octanol–water partition coefficient (Wildman–Crippen LogP) is 1.63. The molecule has 1 aromatic heterocycles. The van der Waals surface area contributed by atoms with E-state index in [1.807, 2.05) is 0 Å². The summed E-state index contributed by atoms with van der Waals surface area (Å²) in [6.07, 6.45) is 0. The maximum Gasteiger partial charge on any atom is 0.379 e. The molecule has 6 nitrogen and oxygen atoms in total. The quantitative estimate of drug-likeness (QED) is 0.658. The Morgan fingerprint density at radius 2 is 2.33 bits per heavy atom. The van der Waals surface area contributed by atoms with Crippen molar-refractivity contribution in [3.63, 3.8) is 0 Å². The number of nitrogens with two attached hydrogens (primary N) is 1. The first-order chi connectivity index (χ1) is 8.61. The average molecular weight is 251 g/mol. The lowest BCUT2D eigenvalue weighted by molar-refractivity contribution is 0.0508. The number of carbonyl (C=O) groups excluding carboxylic acids is 1. The Morgan fingerprint density at radius 3 is 3.00 bits per heavy atom. The van der Waals surface area contributed by atoms with Crippen molar-refractivity contribution in [3.8, 4) is 11.5 Å². The van der Waals surface area contributed by atoms with Crippen LogP contribution in [0, 0.1) is 5.82 Å². The van der Waals surface area contributed by atoms with Crippen LogP contribution in [0.5, 0.6) is 0 Å². The lowest BCUT2D eigenvalue weighted by Gasteiger charge is -1.98. The lowest BCUT2D eigenvalue weighted by atomic mass is 10.2. The van der Waals surface area contributed by atoms with Gasteiger partial charge in [-0.2, -0.15) is 4.98 Å². The third-order valence-corrected chi connectivity index (χ3v) is 2.11. The van der Waals surface area contributed by atoms with Gasteiger partial charge in [0.15, 0.2) is 0 Å². The van der Waals surface area contributed by atoms with Crippen LogP contribution in [0.25, 0.3) is 11.5 Å². The van der Waals surface area contributed by atoms with Crippen LogP contribution in [-0.4, -0.2) is 22.7 Å². The summed E-state index contributed by atoms with van der Waals surface area (Å²) in [6.45, 7) is 1.84. The van der Waals surface area contributed by atoms with Gasteiger partial charge in [0, 0.05) is 5.69 Å². The van der Waals surface area contributed by atoms with E-state index in [9.17, 15) is 9.18 Å². The number of ether oxygens (including phenoxy) is 1. The second-order valence-corrected chi connectivity index (χ2v) is 3.38. The Bertz CT molecular complexity index is 583. The molecule has 0 saturated heterocycles. The van der Waals surface area contributed by atoms with Crippen LogP contribution in [0.2, 0.25) is 0 Å². The second kappa shape index (κ2) is 4.82. The summed E-state index contributed by atoms with van der Waals surface area (Å²) in [6, 6.07) is 4.02. The molecule has 0 atom stereocenters. The summed E-state index contributed by atoms with van der Waals surface area (Å²) < 4.78 is 23.1. The second-order valence-electron chi connectivity index (χ2n) is 3.38. The average Bonchev–Trinajstić information content (AvgIpc) is 2.78. The number of nitrogens with zero attached hydrogens (tertiary/aromatic N) is 2. The Kier molecular flexibility index (Phi) is 3.22. The SMILES string of the molecule is CCOC(=O)c1noc(-c2ccc(N)cc2F)n1. The van der Waals surface area contributed by atoms with E-state index in [0.717, 1.165) is 6.07 Å². The number of carbonyl (C=O) groups is 1. The van der Waals surface area contributed by atoms with Gasteiger partial charge >= 0.3 is 5.97 Å². The van der Waals surface area contributed by atoms with Gasteiger partial charge in [-0.15, -0.1) is 0 Å². The van der Waals surface area contributed by atoms with Gasteiger partial charge < -0.3 is 15.0 Å². The van der Waals surface area contributed by atoms with Crippen molar-refractivity contribution < 1.29 is 18.4 Å². The van der Waals surface area contributed by atoms with Crippen LogP contribution < -0.4 is 5.73 Å². The van der Waals surface area contributed by atoms with Gasteiger partial charge in [-0.05, 0) is 30.3 Å². The highest BCUT2D eigenvalue weighted by atomic mass is 19.1. The molecule has 2 N–H and O–H groups in total. The molecule has 0 fully saturated rings. The van der Waals surface area contributed by atoms with Crippen LogP contribution in [0.3, 0.4) is 0 Å². The summed E-state index contributed by atoms with van der Waals surface area (Å²) in [4.78, 5) is 15.1. The third kappa shape index (κ3) is 2.29. The first-order valence-corrected chi connectivity index (χ1v) is 5.18. The Labute approximate surface area is 102 Å². The monoisotopic (exact) mass is 251 g/mol. The molecule has 0 spiro atoms. The summed E-state index contributed by atoms with van der Waals surface area (Å²) >= 11 is 0. The number of halogens is 1. The van der Waals surface area contributed by atoms with Gasteiger partial charge in [0.1, 0.15) is 5.82 Å². The van der Waals surface area contributed by atoms with E-state index in [1.54, 1.807) is 6.92 Å². The van der Waals surface area contributed by atoms with Gasteiger partial charge in [-0.3, -0.25) is 0 Å². The van der Waals surface area contributed by atoms with Crippen LogP contribution in [0.4, 0.5) is 10.1 Å². The maximum atomic E-state index is 13.6. The Morgan fingerprint density at radius 1 is 1.56 bits per heavy atom. The van der Waals surface area contributed by atoms with Crippen molar-refractivity contribution in [2.75, 3.05) is 12.3 Å². The molecule has 2 aromatic rings. The van der Waals surface area contributed by atoms with Gasteiger partial charge in [-0.1, -0.05) is 0 Å². The zero-order valence-corrected chi connectivity index (χ0v) is 9.51. The number of rotatable bonds is 3. The van der Waals surface area contributed by atoms with Crippen molar-refractivity contribution >= 4 is 11.7 Å². The molecule has 0 aliphatic rings. The fraction of sp³-hybridized carbons (Fsp3) is 0.182. The van der Waals surface area contributed by atoms with Crippen LogP contribution in [0.1, 0.15) is 17.5 Å². The fourth-order valence-electron chi connectivity index (χ4n) is 1.32. The number of hydrogen-bond acceptors (Lipinski definition) is 6. The fourth-order valence-corrected chi connectivity index (χ4v) is 1.32. The Hall–Kier alpha value is -2.44. The summed E-state index contributed by atoms with van der Waals surface area (Å²) in [5.41, 5.74) is 5.77. The molecule has 2 rings (SSSR count). The molecule has 0 aliphatic carbocycles. The van der Waals surface area contributed by atoms with Gasteiger partial charge in [0.2, 0.25) is 0 Å². The Balaban J connectivity index is 2.32. The van der Waals surface area contributed by atoms with Crippen LogP contribution in [-0.2, 0) is 4.74 Å². The van der Waals surface area contributed by atoms with Crippen molar-refractivity contribution in [2.24, 2.45) is 0 Å². The number of anilines is 1. The minimum Gasteiger partial charge on any atom is -0.460 e. The van der Waals surface area contributed by atoms with Gasteiger partial charge in [0.25, 0.3) is 11.7 Å². The number of benzene rings is 1. The van der Waals surface area contributed by atoms with Crippen LogP contribution >= 0.6 is 0 Å². The number of hydrogen-bond donors (Lipinski definition) is 1. The molecular formula is C11H10FN3O3. The molecule has 1 heterocycles.